The van der Waals surface area contributed by atoms with Crippen molar-refractivity contribution in [2.75, 3.05) is 20.1 Å². The molecule has 1 unspecified atom stereocenters. The summed E-state index contributed by atoms with van der Waals surface area (Å²) >= 11 is 0. The summed E-state index contributed by atoms with van der Waals surface area (Å²) in [7, 11) is 1.79. The minimum absolute atomic E-state index is 0.0275. The monoisotopic (exact) mass is 246 g/mol. The fourth-order valence-corrected chi connectivity index (χ4v) is 1.97. The highest BCUT2D eigenvalue weighted by atomic mass is 16.3. The van der Waals surface area contributed by atoms with Gasteiger partial charge in [-0.1, -0.05) is 25.1 Å². The fourth-order valence-electron chi connectivity index (χ4n) is 1.97. The number of carbonyl (C=O) groups is 1. The first-order valence-corrected chi connectivity index (χ1v) is 6.05. The van der Waals surface area contributed by atoms with Crippen molar-refractivity contribution < 1.29 is 9.21 Å². The van der Waals surface area contributed by atoms with E-state index < -0.39 is 0 Å². The predicted octanol–water partition coefficient (Wildman–Crippen LogP) is 2.10. The second-order valence-corrected chi connectivity index (χ2v) is 4.67. The average Bonchev–Trinajstić information content (AvgIpc) is 2.81. The van der Waals surface area contributed by atoms with Crippen molar-refractivity contribution >= 4 is 16.9 Å². The lowest BCUT2D eigenvalue weighted by Crippen LogP contribution is -2.33. The molecule has 4 heteroatoms. The summed E-state index contributed by atoms with van der Waals surface area (Å²) < 4.78 is 5.38. The SMILES string of the molecule is CC(CN)CN(C)C(=O)c1coc2ccccc12. The van der Waals surface area contributed by atoms with Gasteiger partial charge in [-0.2, -0.15) is 0 Å². The molecule has 0 spiro atoms. The summed E-state index contributed by atoms with van der Waals surface area (Å²) in [6.07, 6.45) is 1.52. The fraction of sp³-hybridized carbons (Fsp3) is 0.357. The lowest BCUT2D eigenvalue weighted by Gasteiger charge is -2.20. The highest BCUT2D eigenvalue weighted by Crippen LogP contribution is 2.21. The van der Waals surface area contributed by atoms with Gasteiger partial charge < -0.3 is 15.1 Å². The zero-order chi connectivity index (χ0) is 13.1. The Morgan fingerprint density at radius 2 is 2.17 bits per heavy atom. The van der Waals surface area contributed by atoms with Crippen molar-refractivity contribution in [2.45, 2.75) is 6.92 Å². The molecule has 0 aliphatic carbocycles. The van der Waals surface area contributed by atoms with Crippen molar-refractivity contribution in [1.82, 2.24) is 4.90 Å². The zero-order valence-corrected chi connectivity index (χ0v) is 10.7. The van der Waals surface area contributed by atoms with Crippen LogP contribution in [0.3, 0.4) is 0 Å². The topological polar surface area (TPSA) is 59.5 Å². The van der Waals surface area contributed by atoms with Crippen molar-refractivity contribution in [3.05, 3.63) is 36.1 Å². The number of nitrogens with zero attached hydrogens (tertiary/aromatic N) is 1. The maximum atomic E-state index is 12.3. The molecule has 1 aromatic carbocycles. The van der Waals surface area contributed by atoms with E-state index in [1.54, 1.807) is 11.9 Å². The lowest BCUT2D eigenvalue weighted by molar-refractivity contribution is 0.0778. The van der Waals surface area contributed by atoms with E-state index in [9.17, 15) is 4.79 Å². The molecule has 2 N–H and O–H groups in total. The number of amides is 1. The predicted molar refractivity (Wildman–Crippen MR) is 71.4 cm³/mol. The van der Waals surface area contributed by atoms with E-state index in [1.165, 1.54) is 6.26 Å². The van der Waals surface area contributed by atoms with E-state index in [0.717, 1.165) is 11.0 Å². The molecule has 1 atom stereocenters. The Kier molecular flexibility index (Phi) is 3.67. The number of benzene rings is 1. The Balaban J connectivity index is 2.23. The highest BCUT2D eigenvalue weighted by molar-refractivity contribution is 6.05. The van der Waals surface area contributed by atoms with Gasteiger partial charge in [0.1, 0.15) is 11.8 Å². The van der Waals surface area contributed by atoms with E-state index in [-0.39, 0.29) is 11.8 Å². The van der Waals surface area contributed by atoms with Crippen molar-refractivity contribution in [2.24, 2.45) is 11.7 Å². The first kappa shape index (κ1) is 12.6. The minimum Gasteiger partial charge on any atom is -0.463 e. The Morgan fingerprint density at radius 3 is 2.89 bits per heavy atom. The molecular weight excluding hydrogens is 228 g/mol. The Labute approximate surface area is 106 Å². The van der Waals surface area contributed by atoms with Gasteiger partial charge in [0.25, 0.3) is 5.91 Å². The van der Waals surface area contributed by atoms with Gasteiger partial charge in [0.2, 0.25) is 0 Å². The quantitative estimate of drug-likeness (QED) is 0.898. The molecule has 1 heterocycles. The maximum Gasteiger partial charge on any atom is 0.257 e. The van der Waals surface area contributed by atoms with Gasteiger partial charge >= 0.3 is 0 Å². The number of fused-ring (bicyclic) bond motifs is 1. The first-order chi connectivity index (χ1) is 8.63. The highest BCUT2D eigenvalue weighted by Gasteiger charge is 2.18. The normalized spacial score (nSPS) is 12.6. The molecule has 0 radical (unpaired) electrons. The van der Waals surface area contributed by atoms with E-state index in [1.807, 2.05) is 31.2 Å². The van der Waals surface area contributed by atoms with Crippen molar-refractivity contribution in [3.8, 4) is 0 Å². The third-order valence-corrected chi connectivity index (χ3v) is 3.05. The van der Waals surface area contributed by atoms with Gasteiger partial charge in [-0.25, -0.2) is 0 Å². The van der Waals surface area contributed by atoms with Crippen LogP contribution in [0.1, 0.15) is 17.3 Å². The molecule has 18 heavy (non-hydrogen) atoms. The number of furan rings is 1. The number of rotatable bonds is 4. The lowest BCUT2D eigenvalue weighted by atomic mass is 10.1. The van der Waals surface area contributed by atoms with Crippen LogP contribution in [0.2, 0.25) is 0 Å². The largest absolute Gasteiger partial charge is 0.463 e. The second-order valence-electron chi connectivity index (χ2n) is 4.67. The molecule has 0 saturated heterocycles. The van der Waals surface area contributed by atoms with Crippen LogP contribution in [0, 0.1) is 5.92 Å². The van der Waals surface area contributed by atoms with Crippen LogP contribution < -0.4 is 5.73 Å². The van der Waals surface area contributed by atoms with Crippen LogP contribution in [-0.2, 0) is 0 Å². The molecular formula is C14H18N2O2. The summed E-state index contributed by atoms with van der Waals surface area (Å²) in [6, 6.07) is 7.54. The molecule has 0 aliphatic heterocycles. The summed E-state index contributed by atoms with van der Waals surface area (Å²) in [5, 5.41) is 0.856. The van der Waals surface area contributed by atoms with Crippen LogP contribution in [0.25, 0.3) is 11.0 Å². The molecule has 96 valence electrons. The zero-order valence-electron chi connectivity index (χ0n) is 10.7. The smallest absolute Gasteiger partial charge is 0.257 e. The van der Waals surface area contributed by atoms with Crippen molar-refractivity contribution in [1.29, 1.82) is 0 Å². The van der Waals surface area contributed by atoms with Gasteiger partial charge in [0.05, 0.1) is 5.56 Å². The van der Waals surface area contributed by atoms with Crippen LogP contribution in [0.4, 0.5) is 0 Å². The molecule has 2 rings (SSSR count). The average molecular weight is 246 g/mol. The van der Waals surface area contributed by atoms with Crippen LogP contribution in [0.5, 0.6) is 0 Å². The van der Waals surface area contributed by atoms with E-state index in [4.69, 9.17) is 10.2 Å². The standard InChI is InChI=1S/C14H18N2O2/c1-10(7-15)8-16(2)14(17)12-9-18-13-6-4-3-5-11(12)13/h3-6,9-10H,7-8,15H2,1-2H3. The molecule has 0 saturated carbocycles. The van der Waals surface area contributed by atoms with Crippen LogP contribution >= 0.6 is 0 Å². The Morgan fingerprint density at radius 1 is 1.44 bits per heavy atom. The maximum absolute atomic E-state index is 12.3. The summed E-state index contributed by atoms with van der Waals surface area (Å²) in [5.74, 6) is 0.261. The third kappa shape index (κ3) is 2.38. The van der Waals surface area contributed by atoms with Crippen LogP contribution in [0.15, 0.2) is 34.9 Å². The number of hydrogen-bond donors (Lipinski definition) is 1. The summed E-state index contributed by atoms with van der Waals surface area (Å²) in [6.45, 7) is 3.25. The summed E-state index contributed by atoms with van der Waals surface area (Å²) in [4.78, 5) is 14.0. The Bertz CT molecular complexity index is 547. The first-order valence-electron chi connectivity index (χ1n) is 6.05. The third-order valence-electron chi connectivity index (χ3n) is 3.05. The number of nitrogens with two attached hydrogens (primary N) is 1. The molecule has 0 aliphatic rings. The summed E-state index contributed by atoms with van der Waals surface area (Å²) in [5.41, 5.74) is 6.92. The molecule has 4 nitrogen and oxygen atoms in total. The number of carbonyl (C=O) groups excluding carboxylic acids is 1. The molecule has 0 bridgehead atoms. The second kappa shape index (κ2) is 5.23. The Hall–Kier alpha value is -1.81. The van der Waals surface area contributed by atoms with Gasteiger partial charge in [-0.15, -0.1) is 0 Å². The molecule has 2 aromatic rings. The number of hydrogen-bond acceptors (Lipinski definition) is 3. The van der Waals surface area contributed by atoms with Gasteiger partial charge in [0, 0.05) is 19.0 Å². The number of para-hydroxylation sites is 1. The molecule has 1 aromatic heterocycles. The van der Waals surface area contributed by atoms with Gasteiger partial charge in [-0.05, 0) is 18.5 Å². The molecule has 1 amide bonds. The van der Waals surface area contributed by atoms with Gasteiger partial charge in [0.15, 0.2) is 0 Å². The van der Waals surface area contributed by atoms with E-state index >= 15 is 0 Å². The van der Waals surface area contributed by atoms with Crippen LogP contribution in [-0.4, -0.2) is 30.9 Å². The van der Waals surface area contributed by atoms with Crippen molar-refractivity contribution in [3.63, 3.8) is 0 Å². The van der Waals surface area contributed by atoms with Gasteiger partial charge in [-0.3, -0.25) is 4.79 Å². The molecule has 0 fully saturated rings. The minimum atomic E-state index is -0.0275. The van der Waals surface area contributed by atoms with E-state index in [2.05, 4.69) is 0 Å². The van der Waals surface area contributed by atoms with E-state index in [0.29, 0.717) is 18.7 Å².